The molecule has 0 fully saturated rings. The van der Waals surface area contributed by atoms with Crippen molar-refractivity contribution < 1.29 is 23.9 Å². The lowest BCUT2D eigenvalue weighted by Crippen LogP contribution is -2.31. The lowest BCUT2D eigenvalue weighted by molar-refractivity contribution is 0.0521. The number of ether oxygens (including phenoxy) is 1. The predicted molar refractivity (Wildman–Crippen MR) is 86.9 cm³/mol. The molecule has 1 N–H and O–H groups in total. The maximum absolute atomic E-state index is 12.9. The number of nitrogens with zero attached hydrogens (tertiary/aromatic N) is 1. The fourth-order valence-corrected chi connectivity index (χ4v) is 2.77. The SMILES string of the molecule is CCOC(=O)c1cnc2c(c1C(=O)NC)C(=O)c1ccccc1C2=O. The van der Waals surface area contributed by atoms with E-state index >= 15 is 0 Å². The number of rotatable bonds is 3. The first kappa shape index (κ1) is 16.5. The van der Waals surface area contributed by atoms with Crippen molar-refractivity contribution in [1.29, 1.82) is 0 Å². The largest absolute Gasteiger partial charge is 0.462 e. The van der Waals surface area contributed by atoms with Crippen molar-refractivity contribution in [2.75, 3.05) is 13.7 Å². The highest BCUT2D eigenvalue weighted by atomic mass is 16.5. The highest BCUT2D eigenvalue weighted by Gasteiger charge is 2.36. The van der Waals surface area contributed by atoms with E-state index in [1.807, 2.05) is 0 Å². The molecule has 1 aliphatic rings. The third kappa shape index (κ3) is 2.50. The summed E-state index contributed by atoms with van der Waals surface area (Å²) in [6, 6.07) is 6.29. The quantitative estimate of drug-likeness (QED) is 0.724. The average Bonchev–Trinajstić information content (AvgIpc) is 2.64. The van der Waals surface area contributed by atoms with Crippen molar-refractivity contribution in [2.45, 2.75) is 6.92 Å². The molecule has 25 heavy (non-hydrogen) atoms. The number of benzene rings is 1. The molecule has 0 atom stereocenters. The van der Waals surface area contributed by atoms with Crippen LogP contribution in [0.15, 0.2) is 30.5 Å². The van der Waals surface area contributed by atoms with Crippen LogP contribution >= 0.6 is 0 Å². The van der Waals surface area contributed by atoms with Gasteiger partial charge < -0.3 is 10.1 Å². The normalized spacial score (nSPS) is 12.2. The van der Waals surface area contributed by atoms with E-state index in [1.54, 1.807) is 19.1 Å². The van der Waals surface area contributed by atoms with E-state index < -0.39 is 23.4 Å². The molecule has 126 valence electrons. The maximum Gasteiger partial charge on any atom is 0.340 e. The molecule has 2 aromatic rings. The van der Waals surface area contributed by atoms with Crippen molar-refractivity contribution in [2.24, 2.45) is 0 Å². The topological polar surface area (TPSA) is 102 Å². The van der Waals surface area contributed by atoms with Gasteiger partial charge in [-0.2, -0.15) is 0 Å². The van der Waals surface area contributed by atoms with Gasteiger partial charge in [0.2, 0.25) is 5.78 Å². The Bertz CT molecular complexity index is 933. The molecular weight excluding hydrogens is 324 g/mol. The number of carbonyl (C=O) groups excluding carboxylic acids is 4. The van der Waals surface area contributed by atoms with Gasteiger partial charge in [0.15, 0.2) is 5.78 Å². The van der Waals surface area contributed by atoms with Crippen LogP contribution in [0, 0.1) is 0 Å². The van der Waals surface area contributed by atoms with Crippen LogP contribution in [0.3, 0.4) is 0 Å². The predicted octanol–water partition coefficient (Wildman–Crippen LogP) is 1.39. The van der Waals surface area contributed by atoms with Crippen molar-refractivity contribution in [3.63, 3.8) is 0 Å². The minimum Gasteiger partial charge on any atom is -0.462 e. The van der Waals surface area contributed by atoms with Crippen molar-refractivity contribution in [3.8, 4) is 0 Å². The Labute approximate surface area is 143 Å². The molecule has 3 rings (SSSR count). The molecule has 0 unspecified atom stereocenters. The van der Waals surface area contributed by atoms with Crippen LogP contribution in [0.25, 0.3) is 0 Å². The van der Waals surface area contributed by atoms with Crippen LogP contribution < -0.4 is 5.32 Å². The highest BCUT2D eigenvalue weighted by Crippen LogP contribution is 2.30. The molecule has 1 heterocycles. The Morgan fingerprint density at radius 2 is 1.76 bits per heavy atom. The Balaban J connectivity index is 2.32. The van der Waals surface area contributed by atoms with Gasteiger partial charge in [0.1, 0.15) is 5.69 Å². The minimum absolute atomic E-state index is 0.0960. The molecular formula is C18H14N2O5. The third-order valence-electron chi connectivity index (χ3n) is 3.89. The fraction of sp³-hybridized carbons (Fsp3) is 0.167. The van der Waals surface area contributed by atoms with E-state index in [1.165, 1.54) is 19.2 Å². The van der Waals surface area contributed by atoms with Gasteiger partial charge in [0, 0.05) is 24.4 Å². The molecule has 7 heteroatoms. The number of esters is 1. The molecule has 7 nitrogen and oxygen atoms in total. The second-order valence-electron chi connectivity index (χ2n) is 5.27. The van der Waals surface area contributed by atoms with Gasteiger partial charge in [-0.15, -0.1) is 0 Å². The number of aromatic nitrogens is 1. The lowest BCUT2D eigenvalue weighted by atomic mass is 9.83. The number of carbonyl (C=O) groups is 4. The van der Waals surface area contributed by atoms with Gasteiger partial charge in [-0.25, -0.2) is 4.79 Å². The van der Waals surface area contributed by atoms with Gasteiger partial charge in [-0.1, -0.05) is 24.3 Å². The zero-order chi connectivity index (χ0) is 18.1. The number of hydrogen-bond donors (Lipinski definition) is 1. The lowest BCUT2D eigenvalue weighted by Gasteiger charge is -2.20. The van der Waals surface area contributed by atoms with Crippen molar-refractivity contribution >= 4 is 23.4 Å². The van der Waals surface area contributed by atoms with Crippen molar-refractivity contribution in [1.82, 2.24) is 10.3 Å². The number of pyridine rings is 1. The molecule has 0 radical (unpaired) electrons. The van der Waals surface area contributed by atoms with Gasteiger partial charge >= 0.3 is 5.97 Å². The zero-order valence-electron chi connectivity index (χ0n) is 13.6. The number of fused-ring (bicyclic) bond motifs is 2. The third-order valence-corrected chi connectivity index (χ3v) is 3.89. The summed E-state index contributed by atoms with van der Waals surface area (Å²) in [5, 5.41) is 2.39. The summed E-state index contributed by atoms with van der Waals surface area (Å²) < 4.78 is 4.93. The van der Waals surface area contributed by atoms with Gasteiger partial charge in [-0.05, 0) is 6.92 Å². The second kappa shape index (κ2) is 6.27. The van der Waals surface area contributed by atoms with Crippen LogP contribution in [-0.2, 0) is 4.74 Å². The molecule has 1 amide bonds. The molecule has 0 bridgehead atoms. The summed E-state index contributed by atoms with van der Waals surface area (Å²) in [7, 11) is 1.37. The Hall–Kier alpha value is -3.35. The number of ketones is 2. The highest BCUT2D eigenvalue weighted by molar-refractivity contribution is 6.31. The van der Waals surface area contributed by atoms with Crippen LogP contribution in [0.5, 0.6) is 0 Å². The van der Waals surface area contributed by atoms with E-state index in [0.29, 0.717) is 0 Å². The van der Waals surface area contributed by atoms with Crippen LogP contribution in [0.2, 0.25) is 0 Å². The van der Waals surface area contributed by atoms with E-state index in [9.17, 15) is 19.2 Å². The first-order valence-corrected chi connectivity index (χ1v) is 7.61. The maximum atomic E-state index is 12.9. The summed E-state index contributed by atoms with van der Waals surface area (Å²) in [5.74, 6) is -2.44. The molecule has 0 aliphatic heterocycles. The van der Waals surface area contributed by atoms with E-state index in [-0.39, 0.29) is 40.1 Å². The second-order valence-corrected chi connectivity index (χ2v) is 5.27. The summed E-state index contributed by atoms with van der Waals surface area (Å²) >= 11 is 0. The first-order valence-electron chi connectivity index (χ1n) is 7.61. The van der Waals surface area contributed by atoms with Gasteiger partial charge in [0.05, 0.1) is 23.3 Å². The van der Waals surface area contributed by atoms with Crippen molar-refractivity contribution in [3.05, 3.63) is 64.0 Å². The summed E-state index contributed by atoms with van der Waals surface area (Å²) in [5.41, 5.74) is -0.268. The van der Waals surface area contributed by atoms with Gasteiger partial charge in [-0.3, -0.25) is 19.4 Å². The molecule has 1 aliphatic carbocycles. The summed E-state index contributed by atoms with van der Waals surface area (Å²) in [6.45, 7) is 1.72. The van der Waals surface area contributed by atoms with Crippen LogP contribution in [0.4, 0.5) is 0 Å². The summed E-state index contributed by atoms with van der Waals surface area (Å²) in [4.78, 5) is 54.1. The van der Waals surface area contributed by atoms with Crippen LogP contribution in [0.1, 0.15) is 59.6 Å². The molecule has 1 aromatic heterocycles. The Kier molecular flexibility index (Phi) is 4.14. The van der Waals surface area contributed by atoms with E-state index in [0.717, 1.165) is 6.20 Å². The van der Waals surface area contributed by atoms with Crippen LogP contribution in [-0.4, -0.2) is 42.1 Å². The first-order chi connectivity index (χ1) is 12.0. The van der Waals surface area contributed by atoms with Gasteiger partial charge in [0.25, 0.3) is 5.91 Å². The fourth-order valence-electron chi connectivity index (χ4n) is 2.77. The Morgan fingerprint density at radius 3 is 2.36 bits per heavy atom. The summed E-state index contributed by atoms with van der Waals surface area (Å²) in [6.07, 6.45) is 1.10. The minimum atomic E-state index is -0.782. The number of hydrogen-bond acceptors (Lipinski definition) is 6. The Morgan fingerprint density at radius 1 is 1.12 bits per heavy atom. The smallest absolute Gasteiger partial charge is 0.340 e. The van der Waals surface area contributed by atoms with E-state index in [4.69, 9.17) is 4.74 Å². The molecule has 0 spiro atoms. The average molecular weight is 338 g/mol. The number of amides is 1. The molecule has 0 saturated carbocycles. The monoisotopic (exact) mass is 338 g/mol. The standard InChI is InChI=1S/C18H14N2O5/c1-3-25-18(24)11-8-20-14-13(12(11)17(23)19-2)15(21)9-6-4-5-7-10(9)16(14)22/h4-8H,3H2,1-2H3,(H,19,23). The molecule has 0 saturated heterocycles. The van der Waals surface area contributed by atoms with E-state index in [2.05, 4.69) is 10.3 Å². The number of nitrogens with one attached hydrogen (secondary N) is 1. The molecule has 1 aromatic carbocycles. The zero-order valence-corrected chi connectivity index (χ0v) is 13.6.